The number of carboxylic acids is 1. The van der Waals surface area contributed by atoms with Crippen LogP contribution in [-0.2, 0) is 21.0 Å². The number of halogens is 2. The second-order valence-electron chi connectivity index (χ2n) is 11.1. The Kier molecular flexibility index (Phi) is 6.64. The van der Waals surface area contributed by atoms with Crippen molar-refractivity contribution in [1.82, 2.24) is 9.88 Å². The number of carbonyl (C=O) groups is 3. The Balaban J connectivity index is 1.30. The van der Waals surface area contributed by atoms with Gasteiger partial charge in [-0.25, -0.2) is 4.79 Å². The summed E-state index contributed by atoms with van der Waals surface area (Å²) in [6.07, 6.45) is 0.717. The first kappa shape index (κ1) is 27.2. The molecule has 12 heteroatoms. The maximum atomic E-state index is 13.6. The first-order chi connectivity index (χ1) is 19.6. The smallest absolute Gasteiger partial charge is 0.326 e. The molecular formula is C29H24BrClN2O6S2. The van der Waals surface area contributed by atoms with Crippen LogP contribution in [0.3, 0.4) is 0 Å². The molecule has 8 atom stereocenters. The van der Waals surface area contributed by atoms with Crippen LogP contribution in [0, 0.1) is 29.6 Å². The van der Waals surface area contributed by atoms with E-state index in [1.165, 1.54) is 18.3 Å². The van der Waals surface area contributed by atoms with E-state index < -0.39 is 23.8 Å². The minimum atomic E-state index is -1.21. The third-order valence-electron chi connectivity index (χ3n) is 9.12. The molecule has 41 heavy (non-hydrogen) atoms. The Bertz CT molecular complexity index is 1660. The summed E-state index contributed by atoms with van der Waals surface area (Å²) >= 11 is 12.4. The second-order valence-corrected chi connectivity index (χ2v) is 14.7. The molecule has 7 unspecified atom stereocenters. The topological polar surface area (TPSA) is 117 Å². The number of carbonyl (C=O) groups excluding carboxylic acids is 2. The number of H-pyrrole nitrogens is 1. The van der Waals surface area contributed by atoms with Crippen molar-refractivity contribution in [2.24, 2.45) is 29.6 Å². The van der Waals surface area contributed by atoms with Gasteiger partial charge in [-0.3, -0.25) is 19.3 Å². The number of carboxylic acid groups (broad SMARTS) is 1. The summed E-state index contributed by atoms with van der Waals surface area (Å²) in [5.74, 6) is -2.84. The number of amides is 2. The van der Waals surface area contributed by atoms with Crippen molar-refractivity contribution >= 4 is 68.4 Å². The Hall–Kier alpha value is -2.60. The number of hydrogen-bond donors (Lipinski definition) is 2. The number of benzene rings is 2. The van der Waals surface area contributed by atoms with E-state index in [1.54, 1.807) is 11.8 Å². The van der Waals surface area contributed by atoms with Crippen molar-refractivity contribution in [2.75, 3.05) is 0 Å². The first-order valence-corrected chi connectivity index (χ1v) is 16.2. The second kappa shape index (κ2) is 10.00. The van der Waals surface area contributed by atoms with Gasteiger partial charge in [0.05, 0.1) is 16.9 Å². The molecule has 2 aliphatic carbocycles. The van der Waals surface area contributed by atoms with Crippen molar-refractivity contribution in [2.45, 2.75) is 42.2 Å². The molecule has 1 aromatic heterocycles. The normalized spacial score (nSPS) is 30.2. The lowest BCUT2D eigenvalue weighted by Gasteiger charge is -2.43. The fraction of sp³-hybridized carbons (Fsp3) is 0.379. The zero-order chi connectivity index (χ0) is 28.7. The van der Waals surface area contributed by atoms with Gasteiger partial charge >= 0.3 is 10.8 Å². The number of thioether (sulfide) groups is 1. The summed E-state index contributed by atoms with van der Waals surface area (Å²) in [7, 11) is 0. The molecule has 3 aromatic rings. The minimum Gasteiger partial charge on any atom is -0.489 e. The van der Waals surface area contributed by atoms with Crippen molar-refractivity contribution in [3.8, 4) is 5.75 Å². The molecule has 212 valence electrons. The number of nitrogens with zero attached hydrogens (tertiary/aromatic N) is 1. The van der Waals surface area contributed by atoms with E-state index in [9.17, 15) is 24.3 Å². The Morgan fingerprint density at radius 1 is 1.15 bits per heavy atom. The zero-order valence-corrected chi connectivity index (χ0v) is 25.6. The van der Waals surface area contributed by atoms with E-state index in [0.29, 0.717) is 17.4 Å². The number of aromatic nitrogens is 1. The van der Waals surface area contributed by atoms with E-state index in [4.69, 9.17) is 16.3 Å². The van der Waals surface area contributed by atoms with E-state index in [0.717, 1.165) is 36.8 Å². The van der Waals surface area contributed by atoms with Gasteiger partial charge in [-0.15, -0.1) is 11.8 Å². The number of rotatable bonds is 6. The summed E-state index contributed by atoms with van der Waals surface area (Å²) < 4.78 is 7.23. The number of hydrogen-bond acceptors (Lipinski definition) is 7. The van der Waals surface area contributed by atoms with Gasteiger partial charge in [-0.05, 0) is 67.0 Å². The lowest BCUT2D eigenvalue weighted by atomic mass is 9.68. The van der Waals surface area contributed by atoms with Gasteiger partial charge in [0.2, 0.25) is 11.8 Å². The lowest BCUT2D eigenvalue weighted by Crippen LogP contribution is -2.44. The number of nitrogens with one attached hydrogen (secondary N) is 1. The van der Waals surface area contributed by atoms with Gasteiger partial charge in [0, 0.05) is 31.1 Å². The van der Waals surface area contributed by atoms with Gasteiger partial charge in [-0.2, -0.15) is 0 Å². The lowest BCUT2D eigenvalue weighted by molar-refractivity contribution is -0.154. The van der Waals surface area contributed by atoms with Gasteiger partial charge in [0.15, 0.2) is 0 Å². The summed E-state index contributed by atoms with van der Waals surface area (Å²) in [6.45, 7) is 1.71. The maximum absolute atomic E-state index is 13.6. The molecular weight excluding hydrogens is 652 g/mol. The highest BCUT2D eigenvalue weighted by molar-refractivity contribution is 9.10. The highest BCUT2D eigenvalue weighted by Gasteiger charge is 2.70. The average Bonchev–Trinajstić information content (AvgIpc) is 3.67. The number of fused-ring (bicyclic) bond motifs is 9. The Labute approximate surface area is 256 Å². The molecule has 2 aromatic carbocycles. The van der Waals surface area contributed by atoms with Crippen LogP contribution in [0.25, 0.3) is 0 Å². The summed E-state index contributed by atoms with van der Waals surface area (Å²) in [4.78, 5) is 56.3. The number of likely N-dealkylation sites (tertiary alicyclic amines) is 1. The molecule has 3 heterocycles. The van der Waals surface area contributed by atoms with Gasteiger partial charge in [0.25, 0.3) is 0 Å². The highest BCUT2D eigenvalue weighted by atomic mass is 79.9. The van der Waals surface area contributed by atoms with Crippen LogP contribution in [0.1, 0.15) is 35.3 Å². The molecule has 1 saturated heterocycles. The van der Waals surface area contributed by atoms with Gasteiger partial charge < -0.3 is 14.8 Å². The van der Waals surface area contributed by atoms with E-state index in [-0.39, 0.29) is 45.6 Å². The Morgan fingerprint density at radius 3 is 2.56 bits per heavy atom. The number of aromatic amines is 1. The van der Waals surface area contributed by atoms with E-state index >= 15 is 0 Å². The molecule has 2 saturated carbocycles. The largest absolute Gasteiger partial charge is 0.489 e. The van der Waals surface area contributed by atoms with Crippen LogP contribution in [0.2, 0.25) is 5.02 Å². The molecule has 0 radical (unpaired) electrons. The van der Waals surface area contributed by atoms with Gasteiger partial charge in [0.1, 0.15) is 18.4 Å². The molecule has 0 spiro atoms. The van der Waals surface area contributed by atoms with Crippen LogP contribution in [0.15, 0.2) is 56.8 Å². The van der Waals surface area contributed by atoms with E-state index in [2.05, 4.69) is 20.9 Å². The molecule has 4 aliphatic rings. The molecule has 7 rings (SSSR count). The predicted octanol–water partition coefficient (Wildman–Crippen LogP) is 5.38. The molecule has 2 aliphatic heterocycles. The van der Waals surface area contributed by atoms with Crippen LogP contribution >= 0.6 is 50.6 Å². The Morgan fingerprint density at radius 2 is 1.85 bits per heavy atom. The fourth-order valence-corrected chi connectivity index (χ4v) is 10.9. The third-order valence-corrected chi connectivity index (χ3v) is 12.5. The molecule has 3 fully saturated rings. The highest BCUT2D eigenvalue weighted by Crippen LogP contribution is 2.69. The van der Waals surface area contributed by atoms with Crippen molar-refractivity contribution in [1.29, 1.82) is 0 Å². The molecule has 2 N–H and O–H groups in total. The maximum Gasteiger partial charge on any atom is 0.326 e. The molecule has 2 amide bonds. The number of imide groups is 1. The van der Waals surface area contributed by atoms with Crippen molar-refractivity contribution in [3.05, 3.63) is 77.6 Å². The van der Waals surface area contributed by atoms with Crippen LogP contribution < -0.4 is 9.61 Å². The third kappa shape index (κ3) is 4.22. The standard InChI is InChI=1S/C29H24BrClN2O6S2/c1-11(28(36)37)33-26(34)21-16-9-17(22(21)27(33)35)23-20(16)19(24-25(40-23)32-29(38)41-24)15-8-13(30)4-7-18(15)39-10-12-2-5-14(31)6-3-12/h2-8,11,16-17,19-23H,9-10H2,1H3,(H,32,38)(H,36,37)/t11?,16?,17?,19-,20?,21?,22?,23?/m1/s1. The molecule has 2 bridgehead atoms. The summed E-state index contributed by atoms with van der Waals surface area (Å²) in [5.41, 5.74) is 1.87. The zero-order valence-electron chi connectivity index (χ0n) is 21.6. The fourth-order valence-electron chi connectivity index (χ4n) is 7.52. The summed E-state index contributed by atoms with van der Waals surface area (Å²) in [5, 5.41) is 11.0. The van der Waals surface area contributed by atoms with Gasteiger partial charge in [-0.1, -0.05) is 51.0 Å². The number of aliphatic carboxylic acids is 1. The van der Waals surface area contributed by atoms with Crippen LogP contribution in [0.4, 0.5) is 0 Å². The van der Waals surface area contributed by atoms with Crippen LogP contribution in [-0.4, -0.2) is 44.1 Å². The minimum absolute atomic E-state index is 0.0102. The van der Waals surface area contributed by atoms with Crippen molar-refractivity contribution < 1.29 is 24.2 Å². The van der Waals surface area contributed by atoms with Crippen LogP contribution in [0.5, 0.6) is 5.75 Å². The van der Waals surface area contributed by atoms with E-state index in [1.807, 2.05) is 42.5 Å². The molecule has 8 nitrogen and oxygen atoms in total. The SMILES string of the molecule is CC(C(=O)O)N1C(=O)C2C3CC(C2C1=O)C1C3Sc2[nH]c(=O)sc2[C@@H]1c1cc(Br)ccc1OCc1ccc(Cl)cc1. The quantitative estimate of drug-likeness (QED) is 0.337. The first-order valence-electron chi connectivity index (χ1n) is 13.3. The number of thiazole rings is 1. The average molecular weight is 676 g/mol. The van der Waals surface area contributed by atoms with Crippen molar-refractivity contribution in [3.63, 3.8) is 0 Å². The monoisotopic (exact) mass is 674 g/mol. The summed E-state index contributed by atoms with van der Waals surface area (Å²) in [6, 6.07) is 12.1. The number of ether oxygens (including phenoxy) is 1. The predicted molar refractivity (Wildman–Crippen MR) is 157 cm³/mol.